The summed E-state index contributed by atoms with van der Waals surface area (Å²) in [7, 11) is 0. The predicted molar refractivity (Wildman–Crippen MR) is 59.7 cm³/mol. The molecule has 0 spiro atoms. The van der Waals surface area contributed by atoms with E-state index < -0.39 is 0 Å². The molecule has 1 aliphatic heterocycles. The molecule has 0 aromatic rings. The van der Waals surface area contributed by atoms with E-state index in [0.29, 0.717) is 0 Å². The van der Waals surface area contributed by atoms with E-state index >= 15 is 0 Å². The Balaban J connectivity index is 2.54. The number of hydrogen-bond donors (Lipinski definition) is 1. The minimum atomic E-state index is -0.203. The van der Waals surface area contributed by atoms with Crippen LogP contribution in [0.5, 0.6) is 0 Å². The Morgan fingerprint density at radius 1 is 1.71 bits per heavy atom. The molecule has 82 valence electrons. The van der Waals surface area contributed by atoms with Crippen molar-refractivity contribution < 1.29 is 9.53 Å². The molecule has 0 bridgehead atoms. The van der Waals surface area contributed by atoms with Gasteiger partial charge in [-0.05, 0) is 19.8 Å². The molecule has 3 nitrogen and oxygen atoms in total. The highest BCUT2D eigenvalue weighted by Gasteiger charge is 2.23. The van der Waals surface area contributed by atoms with E-state index in [9.17, 15) is 4.79 Å². The number of thiol groups is 1. The fourth-order valence-corrected chi connectivity index (χ4v) is 1.77. The normalized spacial score (nSPS) is 25.6. The molecular weight excluding hydrogens is 198 g/mol. The molecule has 1 amide bonds. The minimum Gasteiger partial charge on any atom is -0.376 e. The summed E-state index contributed by atoms with van der Waals surface area (Å²) in [5, 5.41) is -0.203. The van der Waals surface area contributed by atoms with Crippen molar-refractivity contribution in [2.75, 3.05) is 19.7 Å². The van der Waals surface area contributed by atoms with Gasteiger partial charge >= 0.3 is 0 Å². The van der Waals surface area contributed by atoms with Gasteiger partial charge in [0.15, 0.2) is 0 Å². The SMILES string of the molecule is CCC1CN(C(=O)C(C)S)CCCO1. The van der Waals surface area contributed by atoms with Crippen LogP contribution in [-0.4, -0.2) is 41.9 Å². The van der Waals surface area contributed by atoms with E-state index in [0.717, 1.165) is 32.5 Å². The molecule has 2 atom stereocenters. The monoisotopic (exact) mass is 217 g/mol. The summed E-state index contributed by atoms with van der Waals surface area (Å²) >= 11 is 4.17. The molecule has 14 heavy (non-hydrogen) atoms. The van der Waals surface area contributed by atoms with Gasteiger partial charge in [-0.3, -0.25) is 4.79 Å². The van der Waals surface area contributed by atoms with Crippen molar-refractivity contribution in [1.82, 2.24) is 4.90 Å². The van der Waals surface area contributed by atoms with Gasteiger partial charge in [-0.15, -0.1) is 0 Å². The van der Waals surface area contributed by atoms with Crippen LogP contribution in [0.2, 0.25) is 0 Å². The topological polar surface area (TPSA) is 29.5 Å². The molecular formula is C10H19NO2S. The number of ether oxygens (including phenoxy) is 1. The smallest absolute Gasteiger partial charge is 0.235 e. The molecule has 1 heterocycles. The van der Waals surface area contributed by atoms with E-state index in [1.54, 1.807) is 0 Å². The zero-order valence-electron chi connectivity index (χ0n) is 8.90. The lowest BCUT2D eigenvalue weighted by molar-refractivity contribution is -0.131. The van der Waals surface area contributed by atoms with Crippen LogP contribution in [0, 0.1) is 0 Å². The van der Waals surface area contributed by atoms with Crippen molar-refractivity contribution >= 4 is 18.5 Å². The lowest BCUT2D eigenvalue weighted by Crippen LogP contribution is -2.40. The van der Waals surface area contributed by atoms with Crippen molar-refractivity contribution in [3.05, 3.63) is 0 Å². The van der Waals surface area contributed by atoms with Crippen LogP contribution in [0.4, 0.5) is 0 Å². The highest BCUT2D eigenvalue weighted by atomic mass is 32.1. The Labute approximate surface area is 91.2 Å². The average Bonchev–Trinajstić information content (AvgIpc) is 2.41. The molecule has 1 saturated heterocycles. The molecule has 4 heteroatoms. The lowest BCUT2D eigenvalue weighted by atomic mass is 10.2. The third kappa shape index (κ3) is 3.17. The molecule has 0 saturated carbocycles. The molecule has 0 aliphatic carbocycles. The first kappa shape index (κ1) is 11.9. The first-order chi connectivity index (χ1) is 6.65. The first-order valence-corrected chi connectivity index (χ1v) is 5.75. The van der Waals surface area contributed by atoms with Gasteiger partial charge in [0.2, 0.25) is 5.91 Å². The summed E-state index contributed by atoms with van der Waals surface area (Å²) in [5.74, 6) is 0.122. The van der Waals surface area contributed by atoms with Crippen molar-refractivity contribution in [3.63, 3.8) is 0 Å². The van der Waals surface area contributed by atoms with Gasteiger partial charge in [0, 0.05) is 19.7 Å². The second-order valence-electron chi connectivity index (χ2n) is 3.71. The van der Waals surface area contributed by atoms with Crippen molar-refractivity contribution in [2.45, 2.75) is 38.0 Å². The number of amides is 1. The van der Waals surface area contributed by atoms with Crippen LogP contribution in [0.15, 0.2) is 0 Å². The Morgan fingerprint density at radius 3 is 3.00 bits per heavy atom. The van der Waals surface area contributed by atoms with E-state index in [2.05, 4.69) is 19.6 Å². The Bertz CT molecular complexity index is 197. The summed E-state index contributed by atoms with van der Waals surface area (Å²) in [6.45, 7) is 6.20. The standard InChI is InChI=1S/C10H19NO2S/c1-3-9-7-11(5-4-6-13-9)10(12)8(2)14/h8-9,14H,3-7H2,1-2H3. The Kier molecular flexibility index (Phi) is 4.75. The second kappa shape index (κ2) is 5.61. The van der Waals surface area contributed by atoms with Crippen LogP contribution >= 0.6 is 12.6 Å². The highest BCUT2D eigenvalue weighted by molar-refractivity contribution is 7.81. The second-order valence-corrected chi connectivity index (χ2v) is 4.49. The first-order valence-electron chi connectivity index (χ1n) is 5.23. The number of rotatable bonds is 2. The van der Waals surface area contributed by atoms with Gasteiger partial charge in [-0.2, -0.15) is 12.6 Å². The zero-order valence-corrected chi connectivity index (χ0v) is 9.80. The van der Waals surface area contributed by atoms with Crippen molar-refractivity contribution in [1.29, 1.82) is 0 Å². The summed E-state index contributed by atoms with van der Waals surface area (Å²) in [6.07, 6.45) is 2.10. The van der Waals surface area contributed by atoms with E-state index in [-0.39, 0.29) is 17.3 Å². The van der Waals surface area contributed by atoms with Crippen LogP contribution in [0.1, 0.15) is 26.7 Å². The molecule has 1 aliphatic rings. The largest absolute Gasteiger partial charge is 0.376 e. The van der Waals surface area contributed by atoms with Gasteiger partial charge in [-0.25, -0.2) is 0 Å². The van der Waals surface area contributed by atoms with E-state index in [1.165, 1.54) is 0 Å². The fraction of sp³-hybridized carbons (Fsp3) is 0.900. The number of nitrogens with zero attached hydrogens (tertiary/aromatic N) is 1. The highest BCUT2D eigenvalue weighted by Crippen LogP contribution is 2.11. The maximum atomic E-state index is 11.7. The van der Waals surface area contributed by atoms with E-state index in [4.69, 9.17) is 4.74 Å². The number of carbonyl (C=O) groups is 1. The summed E-state index contributed by atoms with van der Waals surface area (Å²) in [5.41, 5.74) is 0. The van der Waals surface area contributed by atoms with Gasteiger partial charge in [0.1, 0.15) is 0 Å². The fourth-order valence-electron chi connectivity index (χ4n) is 1.61. The lowest BCUT2D eigenvalue weighted by Gasteiger charge is -2.24. The number of hydrogen-bond acceptors (Lipinski definition) is 3. The quantitative estimate of drug-likeness (QED) is 0.707. The van der Waals surface area contributed by atoms with Gasteiger partial charge < -0.3 is 9.64 Å². The van der Waals surface area contributed by atoms with E-state index in [1.807, 2.05) is 11.8 Å². The Morgan fingerprint density at radius 2 is 2.43 bits per heavy atom. The summed E-state index contributed by atoms with van der Waals surface area (Å²) in [4.78, 5) is 13.6. The van der Waals surface area contributed by atoms with Crippen molar-refractivity contribution in [3.8, 4) is 0 Å². The molecule has 0 aromatic heterocycles. The molecule has 0 radical (unpaired) electrons. The average molecular weight is 217 g/mol. The maximum absolute atomic E-state index is 11.7. The summed E-state index contributed by atoms with van der Waals surface area (Å²) < 4.78 is 5.59. The number of carbonyl (C=O) groups excluding carboxylic acids is 1. The maximum Gasteiger partial charge on any atom is 0.235 e. The third-order valence-corrected chi connectivity index (χ3v) is 2.70. The van der Waals surface area contributed by atoms with Gasteiger partial charge in [0.05, 0.1) is 11.4 Å². The van der Waals surface area contributed by atoms with Crippen molar-refractivity contribution in [2.24, 2.45) is 0 Å². The zero-order chi connectivity index (χ0) is 10.6. The van der Waals surface area contributed by atoms with Crippen LogP contribution in [-0.2, 0) is 9.53 Å². The van der Waals surface area contributed by atoms with Crippen LogP contribution in [0.25, 0.3) is 0 Å². The van der Waals surface area contributed by atoms with Crippen LogP contribution in [0.3, 0.4) is 0 Å². The minimum absolute atomic E-state index is 0.122. The van der Waals surface area contributed by atoms with Gasteiger partial charge in [-0.1, -0.05) is 6.92 Å². The van der Waals surface area contributed by atoms with Crippen LogP contribution < -0.4 is 0 Å². The molecule has 1 rings (SSSR count). The molecule has 0 N–H and O–H groups in total. The molecule has 1 fully saturated rings. The molecule has 2 unspecified atom stereocenters. The summed E-state index contributed by atoms with van der Waals surface area (Å²) in [6, 6.07) is 0. The molecule has 0 aromatic carbocycles. The Hall–Kier alpha value is -0.220. The predicted octanol–water partition coefficient (Wildman–Crippen LogP) is 1.33. The third-order valence-electron chi connectivity index (χ3n) is 2.47. The van der Waals surface area contributed by atoms with Gasteiger partial charge in [0.25, 0.3) is 0 Å².